The van der Waals surface area contributed by atoms with Gasteiger partial charge in [-0.3, -0.25) is 4.68 Å². The van der Waals surface area contributed by atoms with Gasteiger partial charge in [0.2, 0.25) is 5.95 Å². The highest BCUT2D eigenvalue weighted by atomic mass is 35.5. The summed E-state index contributed by atoms with van der Waals surface area (Å²) in [7, 11) is 1.86. The Kier molecular flexibility index (Phi) is 5.81. The molecule has 0 spiro atoms. The summed E-state index contributed by atoms with van der Waals surface area (Å²) in [5.74, 6) is 0.745. The second kappa shape index (κ2) is 8.12. The highest BCUT2D eigenvalue weighted by Gasteiger charge is 2.23. The molecule has 0 radical (unpaired) electrons. The van der Waals surface area contributed by atoms with Gasteiger partial charge in [0.1, 0.15) is 11.4 Å². The molecule has 148 valence electrons. The standard InChI is InChI=1S/C19H23N7O.ClH/c1-12-10-26(11-13(2)21-12)19-20-9-17(22-23-19)15-5-4-14(8-18(15)27)16-6-7-25(3)24-16;/h4-9,12-13,21,27H,10-11H2,1-3H3;1H. The molecule has 1 aromatic carbocycles. The number of aryl methyl sites for hydroxylation is 1. The van der Waals surface area contributed by atoms with Gasteiger partial charge in [0.25, 0.3) is 0 Å². The van der Waals surface area contributed by atoms with Gasteiger partial charge in [0.05, 0.1) is 11.9 Å². The molecule has 1 fully saturated rings. The number of phenols is 1. The van der Waals surface area contributed by atoms with Crippen LogP contribution in [0, 0.1) is 0 Å². The molecule has 28 heavy (non-hydrogen) atoms. The highest BCUT2D eigenvalue weighted by molar-refractivity contribution is 5.85. The summed E-state index contributed by atoms with van der Waals surface area (Å²) in [6.07, 6.45) is 3.53. The van der Waals surface area contributed by atoms with Crippen LogP contribution in [0.3, 0.4) is 0 Å². The van der Waals surface area contributed by atoms with E-state index in [2.05, 4.69) is 44.3 Å². The summed E-state index contributed by atoms with van der Waals surface area (Å²) >= 11 is 0. The molecular formula is C19H24ClN7O. The Labute approximate surface area is 170 Å². The van der Waals surface area contributed by atoms with Crippen LogP contribution in [0.1, 0.15) is 13.8 Å². The molecule has 2 unspecified atom stereocenters. The highest BCUT2D eigenvalue weighted by Crippen LogP contribution is 2.31. The largest absolute Gasteiger partial charge is 0.507 e. The lowest BCUT2D eigenvalue weighted by Gasteiger charge is -2.35. The van der Waals surface area contributed by atoms with E-state index in [1.165, 1.54) is 0 Å². The second-order valence-electron chi connectivity index (χ2n) is 7.12. The zero-order chi connectivity index (χ0) is 19.0. The number of aromatic nitrogens is 5. The fourth-order valence-corrected chi connectivity index (χ4v) is 3.50. The molecule has 1 aliphatic heterocycles. The van der Waals surface area contributed by atoms with E-state index in [4.69, 9.17) is 0 Å². The van der Waals surface area contributed by atoms with Crippen LogP contribution in [0.25, 0.3) is 22.5 Å². The van der Waals surface area contributed by atoms with Crippen LogP contribution in [-0.2, 0) is 7.05 Å². The van der Waals surface area contributed by atoms with Gasteiger partial charge < -0.3 is 15.3 Å². The third kappa shape index (κ3) is 4.07. The van der Waals surface area contributed by atoms with E-state index in [0.29, 0.717) is 29.3 Å². The second-order valence-corrected chi connectivity index (χ2v) is 7.12. The third-order valence-electron chi connectivity index (χ3n) is 4.67. The predicted molar refractivity (Wildman–Crippen MR) is 111 cm³/mol. The fourth-order valence-electron chi connectivity index (χ4n) is 3.50. The summed E-state index contributed by atoms with van der Waals surface area (Å²) in [5, 5.41) is 26.9. The summed E-state index contributed by atoms with van der Waals surface area (Å²) < 4.78 is 1.73. The number of anilines is 1. The van der Waals surface area contributed by atoms with E-state index < -0.39 is 0 Å². The number of nitrogens with one attached hydrogen (secondary N) is 1. The number of aromatic hydroxyl groups is 1. The number of piperazine rings is 1. The minimum absolute atomic E-state index is 0. The van der Waals surface area contributed by atoms with Gasteiger partial charge in [-0.1, -0.05) is 6.07 Å². The molecular weight excluding hydrogens is 378 g/mol. The molecule has 4 rings (SSSR count). The molecule has 2 atom stereocenters. The first-order valence-electron chi connectivity index (χ1n) is 9.03. The Bertz CT molecular complexity index is 934. The van der Waals surface area contributed by atoms with Crippen LogP contribution in [0.5, 0.6) is 5.75 Å². The Morgan fingerprint density at radius 1 is 1.07 bits per heavy atom. The van der Waals surface area contributed by atoms with E-state index in [9.17, 15) is 5.11 Å². The maximum Gasteiger partial charge on any atom is 0.245 e. The molecule has 1 saturated heterocycles. The first-order chi connectivity index (χ1) is 13.0. The maximum atomic E-state index is 10.5. The quantitative estimate of drug-likeness (QED) is 0.695. The average Bonchev–Trinajstić information content (AvgIpc) is 3.07. The van der Waals surface area contributed by atoms with E-state index >= 15 is 0 Å². The van der Waals surface area contributed by atoms with Gasteiger partial charge in [0, 0.05) is 49.5 Å². The molecule has 3 aromatic rings. The molecule has 0 bridgehead atoms. The Balaban J connectivity index is 0.00000225. The van der Waals surface area contributed by atoms with Crippen LogP contribution in [0.2, 0.25) is 0 Å². The smallest absolute Gasteiger partial charge is 0.245 e. The van der Waals surface area contributed by atoms with Crippen molar-refractivity contribution in [1.29, 1.82) is 0 Å². The lowest BCUT2D eigenvalue weighted by atomic mass is 10.1. The van der Waals surface area contributed by atoms with Gasteiger partial charge in [-0.2, -0.15) is 5.10 Å². The van der Waals surface area contributed by atoms with Crippen LogP contribution in [-0.4, -0.2) is 55.2 Å². The first-order valence-corrected chi connectivity index (χ1v) is 9.03. The number of rotatable bonds is 3. The zero-order valence-corrected chi connectivity index (χ0v) is 16.9. The predicted octanol–water partition coefficient (Wildman–Crippen LogP) is 2.25. The van der Waals surface area contributed by atoms with E-state index in [-0.39, 0.29) is 18.2 Å². The van der Waals surface area contributed by atoms with E-state index in [1.54, 1.807) is 16.9 Å². The molecule has 2 N–H and O–H groups in total. The van der Waals surface area contributed by atoms with Crippen molar-refractivity contribution in [1.82, 2.24) is 30.3 Å². The molecule has 8 nitrogen and oxygen atoms in total. The summed E-state index contributed by atoms with van der Waals surface area (Å²) in [4.78, 5) is 6.60. The molecule has 0 aliphatic carbocycles. The third-order valence-corrected chi connectivity index (χ3v) is 4.67. The van der Waals surface area contributed by atoms with Crippen LogP contribution in [0.4, 0.5) is 5.95 Å². The number of phenolic OH excluding ortho intramolecular Hbond substituents is 1. The SMILES string of the molecule is CC1CN(c2ncc(-c3ccc(-c4ccn(C)n4)cc3O)nn2)CC(C)N1.Cl. The van der Waals surface area contributed by atoms with Crippen molar-refractivity contribution in [3.05, 3.63) is 36.7 Å². The lowest BCUT2D eigenvalue weighted by molar-refractivity contribution is 0.402. The molecule has 1 aliphatic rings. The summed E-state index contributed by atoms with van der Waals surface area (Å²) in [6.45, 7) is 5.97. The molecule has 0 saturated carbocycles. The van der Waals surface area contributed by atoms with Gasteiger partial charge in [-0.05, 0) is 32.0 Å². The van der Waals surface area contributed by atoms with E-state index in [1.807, 2.05) is 31.4 Å². The molecule has 9 heteroatoms. The molecule has 2 aromatic heterocycles. The summed E-state index contributed by atoms with van der Waals surface area (Å²) in [5.41, 5.74) is 2.79. The van der Waals surface area contributed by atoms with Gasteiger partial charge in [-0.25, -0.2) is 4.98 Å². The van der Waals surface area contributed by atoms with Crippen molar-refractivity contribution in [2.45, 2.75) is 25.9 Å². The van der Waals surface area contributed by atoms with Gasteiger partial charge in [0.15, 0.2) is 0 Å². The fraction of sp³-hybridized carbons (Fsp3) is 0.368. The maximum absolute atomic E-state index is 10.5. The number of halogens is 1. The number of hydrogen-bond donors (Lipinski definition) is 2. The summed E-state index contributed by atoms with van der Waals surface area (Å²) in [6, 6.07) is 8.07. The average molecular weight is 402 g/mol. The van der Waals surface area contributed by atoms with Crippen LogP contribution in [0.15, 0.2) is 36.7 Å². The van der Waals surface area contributed by atoms with Crippen molar-refractivity contribution < 1.29 is 5.11 Å². The lowest BCUT2D eigenvalue weighted by Crippen LogP contribution is -2.54. The number of nitrogens with zero attached hydrogens (tertiary/aromatic N) is 6. The number of hydrogen-bond acceptors (Lipinski definition) is 7. The monoisotopic (exact) mass is 401 g/mol. The minimum Gasteiger partial charge on any atom is -0.507 e. The van der Waals surface area contributed by atoms with Crippen LogP contribution >= 0.6 is 12.4 Å². The Morgan fingerprint density at radius 2 is 1.82 bits per heavy atom. The van der Waals surface area contributed by atoms with E-state index in [0.717, 1.165) is 24.3 Å². The first kappa shape index (κ1) is 20.0. The molecule has 0 amide bonds. The zero-order valence-electron chi connectivity index (χ0n) is 16.1. The van der Waals surface area contributed by atoms with Crippen molar-refractivity contribution in [2.24, 2.45) is 7.05 Å². The van der Waals surface area contributed by atoms with Crippen LogP contribution < -0.4 is 10.2 Å². The van der Waals surface area contributed by atoms with Gasteiger partial charge in [-0.15, -0.1) is 22.6 Å². The normalized spacial score (nSPS) is 19.3. The topological polar surface area (TPSA) is 92.0 Å². The Hall–Kier alpha value is -2.71. The van der Waals surface area contributed by atoms with Gasteiger partial charge >= 0.3 is 0 Å². The number of benzene rings is 1. The van der Waals surface area contributed by atoms with Crippen molar-refractivity contribution in [2.75, 3.05) is 18.0 Å². The van der Waals surface area contributed by atoms with Crippen molar-refractivity contribution in [3.63, 3.8) is 0 Å². The Morgan fingerprint density at radius 3 is 2.39 bits per heavy atom. The molecule has 3 heterocycles. The van der Waals surface area contributed by atoms with Crippen molar-refractivity contribution in [3.8, 4) is 28.3 Å². The minimum atomic E-state index is 0. The van der Waals surface area contributed by atoms with Crippen molar-refractivity contribution >= 4 is 18.4 Å².